The smallest absolute Gasteiger partial charge is 0.142 e. The van der Waals surface area contributed by atoms with Crippen LogP contribution in [0, 0.1) is 0 Å². The predicted octanol–water partition coefficient (Wildman–Crippen LogP) is 3.31. The van der Waals surface area contributed by atoms with Crippen LogP contribution in [-0.4, -0.2) is 25.7 Å². The van der Waals surface area contributed by atoms with Gasteiger partial charge in [0.25, 0.3) is 0 Å². The van der Waals surface area contributed by atoms with Gasteiger partial charge >= 0.3 is 0 Å². The number of nitrogens with zero attached hydrogens (tertiary/aromatic N) is 1. The molecule has 2 N–H and O–H groups in total. The van der Waals surface area contributed by atoms with E-state index < -0.39 is 0 Å². The van der Waals surface area contributed by atoms with Crippen LogP contribution in [-0.2, 0) is 5.41 Å². The summed E-state index contributed by atoms with van der Waals surface area (Å²) in [5.74, 6) is 0.970. The van der Waals surface area contributed by atoms with E-state index >= 15 is 0 Å². The lowest BCUT2D eigenvalue weighted by Crippen LogP contribution is -2.48. The van der Waals surface area contributed by atoms with E-state index in [4.69, 9.17) is 10.5 Å². The van der Waals surface area contributed by atoms with Crippen molar-refractivity contribution in [1.29, 1.82) is 0 Å². The zero-order valence-electron chi connectivity index (χ0n) is 13.5. The van der Waals surface area contributed by atoms with Crippen molar-refractivity contribution in [2.24, 2.45) is 5.73 Å². The van der Waals surface area contributed by atoms with E-state index in [1.54, 1.807) is 7.11 Å². The quantitative estimate of drug-likeness (QED) is 0.900. The summed E-state index contributed by atoms with van der Waals surface area (Å²) < 4.78 is 5.61. The third-order valence-electron chi connectivity index (χ3n) is 4.29. The van der Waals surface area contributed by atoms with Gasteiger partial charge in [0.05, 0.1) is 12.8 Å². The second-order valence-electron chi connectivity index (χ2n) is 7.28. The van der Waals surface area contributed by atoms with Crippen molar-refractivity contribution in [3.63, 3.8) is 0 Å². The van der Waals surface area contributed by atoms with Gasteiger partial charge in [0.15, 0.2) is 0 Å². The number of ether oxygens (including phenoxy) is 1. The summed E-state index contributed by atoms with van der Waals surface area (Å²) in [4.78, 5) is 2.39. The first-order valence-corrected chi connectivity index (χ1v) is 7.45. The molecule has 2 rings (SSSR count). The number of hydrogen-bond acceptors (Lipinski definition) is 3. The normalized spacial score (nSPS) is 19.0. The standard InChI is InChI=1S/C17H28N2O/c1-16(2,3)13-6-7-14(15(12-13)20-5)19-10-8-17(4,18)9-11-19/h6-7,12H,8-11,18H2,1-5H3. The Morgan fingerprint density at radius 1 is 1.20 bits per heavy atom. The van der Waals surface area contributed by atoms with Gasteiger partial charge in [-0.2, -0.15) is 0 Å². The minimum Gasteiger partial charge on any atom is -0.495 e. The van der Waals surface area contributed by atoms with Crippen molar-refractivity contribution in [1.82, 2.24) is 0 Å². The molecular formula is C17H28N2O. The number of anilines is 1. The van der Waals surface area contributed by atoms with Gasteiger partial charge in [0.2, 0.25) is 0 Å². The third-order valence-corrected chi connectivity index (χ3v) is 4.29. The SMILES string of the molecule is COc1cc(C(C)(C)C)ccc1N1CCC(C)(N)CC1. The highest BCUT2D eigenvalue weighted by molar-refractivity contribution is 5.60. The Balaban J connectivity index is 2.25. The van der Waals surface area contributed by atoms with Crippen LogP contribution in [0.1, 0.15) is 46.1 Å². The molecule has 0 atom stereocenters. The van der Waals surface area contributed by atoms with E-state index in [9.17, 15) is 0 Å². The van der Waals surface area contributed by atoms with Crippen molar-refractivity contribution in [3.8, 4) is 5.75 Å². The van der Waals surface area contributed by atoms with Crippen LogP contribution in [0.5, 0.6) is 5.75 Å². The molecule has 1 heterocycles. The topological polar surface area (TPSA) is 38.5 Å². The second-order valence-corrected chi connectivity index (χ2v) is 7.28. The first-order valence-electron chi connectivity index (χ1n) is 7.45. The van der Waals surface area contributed by atoms with Crippen LogP contribution >= 0.6 is 0 Å². The Labute approximate surface area is 123 Å². The molecule has 20 heavy (non-hydrogen) atoms. The maximum absolute atomic E-state index is 6.21. The van der Waals surface area contributed by atoms with Gasteiger partial charge in [-0.15, -0.1) is 0 Å². The van der Waals surface area contributed by atoms with Crippen LogP contribution in [0.25, 0.3) is 0 Å². The molecular weight excluding hydrogens is 248 g/mol. The lowest BCUT2D eigenvalue weighted by Gasteiger charge is -2.38. The monoisotopic (exact) mass is 276 g/mol. The fourth-order valence-corrected chi connectivity index (χ4v) is 2.66. The number of nitrogens with two attached hydrogens (primary N) is 1. The number of methoxy groups -OCH3 is 1. The zero-order valence-corrected chi connectivity index (χ0v) is 13.5. The van der Waals surface area contributed by atoms with Gasteiger partial charge in [0.1, 0.15) is 5.75 Å². The summed E-state index contributed by atoms with van der Waals surface area (Å²) >= 11 is 0. The molecule has 0 amide bonds. The predicted molar refractivity (Wildman–Crippen MR) is 85.7 cm³/mol. The Hall–Kier alpha value is -1.22. The molecule has 0 bridgehead atoms. The summed E-state index contributed by atoms with van der Waals surface area (Å²) in [7, 11) is 1.75. The van der Waals surface area contributed by atoms with Crippen molar-refractivity contribution in [3.05, 3.63) is 23.8 Å². The Morgan fingerprint density at radius 2 is 1.80 bits per heavy atom. The molecule has 1 aromatic carbocycles. The lowest BCUT2D eigenvalue weighted by molar-refractivity contribution is 0.359. The Morgan fingerprint density at radius 3 is 2.30 bits per heavy atom. The Kier molecular flexibility index (Phi) is 4.01. The Bertz CT molecular complexity index is 464. The van der Waals surface area contributed by atoms with Gasteiger partial charge in [-0.25, -0.2) is 0 Å². The van der Waals surface area contributed by atoms with E-state index in [1.165, 1.54) is 11.3 Å². The molecule has 3 heteroatoms. The molecule has 1 aliphatic rings. The summed E-state index contributed by atoms with van der Waals surface area (Å²) in [6.45, 7) is 10.8. The zero-order chi connectivity index (χ0) is 15.0. The molecule has 0 aliphatic carbocycles. The van der Waals surface area contributed by atoms with Gasteiger partial charge in [-0.3, -0.25) is 0 Å². The minimum atomic E-state index is -0.0188. The molecule has 0 unspecified atom stereocenters. The molecule has 0 aromatic heterocycles. The number of hydrogen-bond donors (Lipinski definition) is 1. The fourth-order valence-electron chi connectivity index (χ4n) is 2.66. The van der Waals surface area contributed by atoms with Gasteiger partial charge < -0.3 is 15.4 Å². The number of piperidine rings is 1. The van der Waals surface area contributed by atoms with E-state index in [2.05, 4.69) is 50.8 Å². The molecule has 0 radical (unpaired) electrons. The van der Waals surface area contributed by atoms with Crippen molar-refractivity contribution >= 4 is 5.69 Å². The van der Waals surface area contributed by atoms with Crippen LogP contribution in [0.15, 0.2) is 18.2 Å². The average Bonchev–Trinajstić information content (AvgIpc) is 2.37. The second kappa shape index (κ2) is 5.28. The van der Waals surface area contributed by atoms with Crippen molar-refractivity contribution in [2.45, 2.75) is 51.5 Å². The summed E-state index contributed by atoms with van der Waals surface area (Å²) in [6, 6.07) is 6.58. The van der Waals surface area contributed by atoms with E-state index in [0.29, 0.717) is 0 Å². The highest BCUT2D eigenvalue weighted by Gasteiger charge is 2.27. The van der Waals surface area contributed by atoms with Crippen LogP contribution in [0.2, 0.25) is 0 Å². The van der Waals surface area contributed by atoms with E-state index in [-0.39, 0.29) is 11.0 Å². The van der Waals surface area contributed by atoms with E-state index in [1.807, 2.05) is 0 Å². The summed E-state index contributed by atoms with van der Waals surface area (Å²) in [6.07, 6.45) is 2.05. The maximum Gasteiger partial charge on any atom is 0.142 e. The molecule has 0 spiro atoms. The highest BCUT2D eigenvalue weighted by atomic mass is 16.5. The first-order chi connectivity index (χ1) is 9.23. The third kappa shape index (κ3) is 3.26. The average molecular weight is 276 g/mol. The first kappa shape index (κ1) is 15.2. The van der Waals surface area contributed by atoms with Gasteiger partial charge in [-0.1, -0.05) is 26.8 Å². The van der Waals surface area contributed by atoms with Gasteiger partial charge in [0, 0.05) is 18.6 Å². The van der Waals surface area contributed by atoms with Crippen LogP contribution in [0.3, 0.4) is 0 Å². The number of rotatable bonds is 2. The lowest BCUT2D eigenvalue weighted by atomic mass is 9.86. The largest absolute Gasteiger partial charge is 0.495 e. The van der Waals surface area contributed by atoms with Crippen LogP contribution in [0.4, 0.5) is 5.69 Å². The van der Waals surface area contributed by atoms with Crippen LogP contribution < -0.4 is 15.4 Å². The summed E-state index contributed by atoms with van der Waals surface area (Å²) in [5, 5.41) is 0. The number of benzene rings is 1. The minimum absolute atomic E-state index is 0.0188. The molecule has 3 nitrogen and oxygen atoms in total. The molecule has 112 valence electrons. The van der Waals surface area contributed by atoms with Gasteiger partial charge in [-0.05, 0) is 42.9 Å². The fraction of sp³-hybridized carbons (Fsp3) is 0.647. The molecule has 1 fully saturated rings. The van der Waals surface area contributed by atoms with E-state index in [0.717, 1.165) is 31.7 Å². The highest BCUT2D eigenvalue weighted by Crippen LogP contribution is 2.35. The van der Waals surface area contributed by atoms with Crippen molar-refractivity contribution < 1.29 is 4.74 Å². The molecule has 1 aliphatic heterocycles. The molecule has 0 saturated carbocycles. The van der Waals surface area contributed by atoms with Crippen molar-refractivity contribution in [2.75, 3.05) is 25.1 Å². The summed E-state index contributed by atoms with van der Waals surface area (Å²) in [5.41, 5.74) is 8.83. The molecule has 1 saturated heterocycles. The molecule has 1 aromatic rings. The maximum atomic E-state index is 6.21.